The summed E-state index contributed by atoms with van der Waals surface area (Å²) in [7, 11) is 0. The van der Waals surface area contributed by atoms with Crippen molar-refractivity contribution < 1.29 is 0 Å². The SMILES string of the molecule is C=CN=O. The molecule has 0 fully saturated rings. The number of nitroso groups, excluding NO2 is 1. The number of hydrogen-bond acceptors (Lipinski definition) is 2. The van der Waals surface area contributed by atoms with Gasteiger partial charge in [0, 0.05) is 0 Å². The molecule has 0 aliphatic rings. The van der Waals surface area contributed by atoms with Crippen molar-refractivity contribution in [1.82, 2.24) is 0 Å². The number of rotatable bonds is 1. The zero-order valence-electron chi connectivity index (χ0n) is 2.14. The summed E-state index contributed by atoms with van der Waals surface area (Å²) in [6.07, 6.45) is 0.944. The lowest BCUT2D eigenvalue weighted by Crippen LogP contribution is -1.21. The third-order valence-electron chi connectivity index (χ3n) is 0.0745. The van der Waals surface area contributed by atoms with Crippen molar-refractivity contribution in [1.29, 1.82) is 0 Å². The predicted octanol–water partition coefficient (Wildman–Crippen LogP) is 0.896. The molecule has 0 rings (SSSR count). The molecule has 0 atom stereocenters. The minimum atomic E-state index is 0.944. The van der Waals surface area contributed by atoms with Crippen LogP contribution in [0.4, 0.5) is 0 Å². The third kappa shape index (κ3) is 1.34. The van der Waals surface area contributed by atoms with E-state index in [9.17, 15) is 0 Å². The summed E-state index contributed by atoms with van der Waals surface area (Å²) in [4.78, 5) is 8.81. The molecule has 0 saturated carbocycles. The quantitative estimate of drug-likeness (QED) is 0.411. The zero-order chi connectivity index (χ0) is 3.41. The van der Waals surface area contributed by atoms with Gasteiger partial charge in [-0.3, -0.25) is 0 Å². The van der Waals surface area contributed by atoms with E-state index in [1.54, 1.807) is 0 Å². The molecule has 4 heavy (non-hydrogen) atoms. The lowest BCUT2D eigenvalue weighted by Gasteiger charge is -1.38. The molecular weight excluding hydrogens is 54.0 g/mol. The summed E-state index contributed by atoms with van der Waals surface area (Å²) in [5, 5.41) is 2.25. The Morgan fingerprint density at radius 1 is 2.00 bits per heavy atom. The first-order chi connectivity index (χ1) is 1.91. The molecule has 0 unspecified atom stereocenters. The summed E-state index contributed by atoms with van der Waals surface area (Å²) in [5.74, 6) is 0. The second-order valence-corrected chi connectivity index (χ2v) is 0.288. The molecule has 0 spiro atoms. The second-order valence-electron chi connectivity index (χ2n) is 0.288. The fourth-order valence-electron chi connectivity index (χ4n) is 0. The predicted molar refractivity (Wildman–Crippen MR) is 16.0 cm³/mol. The van der Waals surface area contributed by atoms with Crippen LogP contribution < -0.4 is 0 Å². The molecule has 2 heteroatoms. The maximum Gasteiger partial charge on any atom is 0.0643 e. The van der Waals surface area contributed by atoms with Crippen LogP contribution in [0, 0.1) is 4.91 Å². The molecule has 0 aliphatic carbocycles. The van der Waals surface area contributed by atoms with Crippen molar-refractivity contribution in [2.24, 2.45) is 5.18 Å². The monoisotopic (exact) mass is 57.0 g/mol. The van der Waals surface area contributed by atoms with Gasteiger partial charge in [0.2, 0.25) is 0 Å². The summed E-state index contributed by atoms with van der Waals surface area (Å²) < 4.78 is 0. The second kappa shape index (κ2) is 2.34. The highest BCUT2D eigenvalue weighted by molar-refractivity contribution is 4.57. The molecule has 0 aromatic heterocycles. The highest BCUT2D eigenvalue weighted by Crippen LogP contribution is 1.52. The van der Waals surface area contributed by atoms with Gasteiger partial charge in [-0.25, -0.2) is 0 Å². The van der Waals surface area contributed by atoms with E-state index < -0.39 is 0 Å². The van der Waals surface area contributed by atoms with Gasteiger partial charge in [-0.05, 0) is 5.18 Å². The molecule has 0 aromatic carbocycles. The number of nitrogens with zero attached hydrogens (tertiary/aromatic N) is 1. The van der Waals surface area contributed by atoms with Gasteiger partial charge in [-0.2, -0.15) is 0 Å². The standard InChI is InChI=1S/C2H3NO/c1-2-3-4/h2H,1H2. The fraction of sp³-hybridized carbons (Fsp3) is 0. The van der Waals surface area contributed by atoms with Crippen molar-refractivity contribution in [3.63, 3.8) is 0 Å². The van der Waals surface area contributed by atoms with Gasteiger partial charge in [0.05, 0.1) is 6.20 Å². The van der Waals surface area contributed by atoms with Gasteiger partial charge in [0.15, 0.2) is 0 Å². The van der Waals surface area contributed by atoms with Crippen LogP contribution in [0.15, 0.2) is 18.0 Å². The Labute approximate surface area is 24.1 Å². The zero-order valence-corrected chi connectivity index (χ0v) is 2.14. The topological polar surface area (TPSA) is 29.4 Å². The summed E-state index contributed by atoms with van der Waals surface area (Å²) in [6, 6.07) is 0. The van der Waals surface area contributed by atoms with E-state index in [0.717, 1.165) is 6.20 Å². The molecule has 0 bridgehead atoms. The van der Waals surface area contributed by atoms with Gasteiger partial charge < -0.3 is 0 Å². The van der Waals surface area contributed by atoms with Crippen LogP contribution in [-0.2, 0) is 0 Å². The van der Waals surface area contributed by atoms with Crippen LogP contribution in [0.3, 0.4) is 0 Å². The van der Waals surface area contributed by atoms with Crippen molar-refractivity contribution in [3.05, 3.63) is 17.7 Å². The first-order valence-corrected chi connectivity index (χ1v) is 0.849. The van der Waals surface area contributed by atoms with Gasteiger partial charge in [0.25, 0.3) is 0 Å². The van der Waals surface area contributed by atoms with E-state index in [1.807, 2.05) is 0 Å². The van der Waals surface area contributed by atoms with E-state index in [-0.39, 0.29) is 0 Å². The molecule has 0 radical (unpaired) electrons. The molecule has 0 saturated heterocycles. The smallest absolute Gasteiger partial charge is 0.0643 e. The summed E-state index contributed by atoms with van der Waals surface area (Å²) in [6.45, 7) is 3.00. The van der Waals surface area contributed by atoms with E-state index in [1.165, 1.54) is 0 Å². The normalized spacial score (nSPS) is 5.00. The lowest BCUT2D eigenvalue weighted by molar-refractivity contribution is 1.56. The van der Waals surface area contributed by atoms with Gasteiger partial charge in [-0.15, -0.1) is 4.91 Å². The van der Waals surface area contributed by atoms with E-state index in [4.69, 9.17) is 4.91 Å². The Kier molecular flexibility index (Phi) is 1.95. The minimum absolute atomic E-state index is 0.944. The van der Waals surface area contributed by atoms with Crippen molar-refractivity contribution in [2.75, 3.05) is 0 Å². The Morgan fingerprint density at radius 2 is 2.25 bits per heavy atom. The molecule has 0 aromatic rings. The maximum absolute atomic E-state index is 8.81. The van der Waals surface area contributed by atoms with Crippen LogP contribution in [0.2, 0.25) is 0 Å². The average molecular weight is 57.1 g/mol. The molecule has 22 valence electrons. The molecule has 0 amide bonds. The third-order valence-corrected chi connectivity index (χ3v) is 0.0745. The van der Waals surface area contributed by atoms with Crippen molar-refractivity contribution in [2.45, 2.75) is 0 Å². The van der Waals surface area contributed by atoms with Crippen LogP contribution in [-0.4, -0.2) is 0 Å². The van der Waals surface area contributed by atoms with Gasteiger partial charge >= 0.3 is 0 Å². The molecule has 2 nitrogen and oxygen atoms in total. The molecule has 0 N–H and O–H groups in total. The Balaban J connectivity index is 2.73. The van der Waals surface area contributed by atoms with Crippen molar-refractivity contribution in [3.8, 4) is 0 Å². The van der Waals surface area contributed by atoms with E-state index >= 15 is 0 Å². The summed E-state index contributed by atoms with van der Waals surface area (Å²) >= 11 is 0. The van der Waals surface area contributed by atoms with Crippen LogP contribution in [0.25, 0.3) is 0 Å². The summed E-state index contributed by atoms with van der Waals surface area (Å²) in [5.41, 5.74) is 0. The van der Waals surface area contributed by atoms with E-state index in [0.29, 0.717) is 0 Å². The van der Waals surface area contributed by atoms with Crippen LogP contribution in [0.5, 0.6) is 0 Å². The largest absolute Gasteiger partial charge is 0.145 e. The molecule has 0 aliphatic heterocycles. The highest BCUT2D eigenvalue weighted by Gasteiger charge is 1.36. The van der Waals surface area contributed by atoms with Gasteiger partial charge in [0.1, 0.15) is 0 Å². The Bertz CT molecular complexity index is 27.0. The fourth-order valence-corrected chi connectivity index (χ4v) is 0. The maximum atomic E-state index is 8.81. The van der Waals surface area contributed by atoms with Gasteiger partial charge in [-0.1, -0.05) is 6.58 Å². The average Bonchev–Trinajstić information content (AvgIpc) is 1.37. The van der Waals surface area contributed by atoms with Crippen LogP contribution in [0.1, 0.15) is 0 Å². The van der Waals surface area contributed by atoms with Crippen LogP contribution >= 0.6 is 0 Å². The van der Waals surface area contributed by atoms with E-state index in [2.05, 4.69) is 11.8 Å². The molecule has 0 heterocycles. The minimum Gasteiger partial charge on any atom is -0.145 e. The Morgan fingerprint density at radius 3 is 2.25 bits per heavy atom. The molecular formula is C2H3NO. The first kappa shape index (κ1) is 3.34. The first-order valence-electron chi connectivity index (χ1n) is 0.849. The number of hydrogen-bond donors (Lipinski definition) is 0. The highest BCUT2D eigenvalue weighted by atomic mass is 16.2. The Hall–Kier alpha value is -0.660. The lowest BCUT2D eigenvalue weighted by atomic mass is 11.1. The van der Waals surface area contributed by atoms with Crippen molar-refractivity contribution >= 4 is 0 Å².